The zero-order valence-electron chi connectivity index (χ0n) is 17.1. The van der Waals surface area contributed by atoms with Crippen LogP contribution in [-0.4, -0.2) is 13.3 Å². The molecule has 0 amide bonds. The summed E-state index contributed by atoms with van der Waals surface area (Å²) < 4.78 is 32.1. The molecule has 4 heteroatoms. The molecule has 0 atom stereocenters. The van der Waals surface area contributed by atoms with Crippen LogP contribution < -0.4 is 20.7 Å². The Kier molecular flexibility index (Phi) is 6.74. The lowest BCUT2D eigenvalue weighted by atomic mass is 10.2. The van der Waals surface area contributed by atoms with Crippen molar-refractivity contribution in [3.63, 3.8) is 0 Å². The number of halogens is 2. The standard InChI is InChI=1S/C27H24F2OP/c28-18-19-30-24-14-16-27(17-15-24)31(25-10-3-1-4-11-25,26-12-5-2-6-13-26)21-22-8-7-9-23(29)20-22/h1-17,20H,18-19,21H2/q+1/i28-1. The molecule has 4 rings (SSSR count). The van der Waals surface area contributed by atoms with E-state index in [0.717, 1.165) is 5.56 Å². The smallest absolute Gasteiger partial charge is 0.123 e. The summed E-state index contributed by atoms with van der Waals surface area (Å²) >= 11 is 0. The first kappa shape index (κ1) is 21.2. The summed E-state index contributed by atoms with van der Waals surface area (Å²) in [5, 5.41) is 3.62. The normalized spacial score (nSPS) is 11.3. The van der Waals surface area contributed by atoms with Crippen LogP contribution >= 0.6 is 7.26 Å². The molecule has 0 fully saturated rings. The molecule has 0 aliphatic rings. The quantitative estimate of drug-likeness (QED) is 0.326. The highest BCUT2D eigenvalue weighted by Crippen LogP contribution is 2.58. The molecule has 0 spiro atoms. The first-order valence-electron chi connectivity index (χ1n) is 10.3. The maximum Gasteiger partial charge on any atom is 0.123 e. The van der Waals surface area contributed by atoms with Crippen LogP contribution in [0.4, 0.5) is 8.78 Å². The third-order valence-corrected chi connectivity index (χ3v) is 9.70. The lowest BCUT2D eigenvalue weighted by molar-refractivity contribution is 0.273. The second-order valence-corrected chi connectivity index (χ2v) is 10.8. The molecule has 0 heterocycles. The van der Waals surface area contributed by atoms with Crippen LogP contribution in [0.1, 0.15) is 5.56 Å². The summed E-state index contributed by atoms with van der Waals surface area (Å²) in [7, 11) is -2.14. The highest BCUT2D eigenvalue weighted by atomic mass is 31.2. The molecule has 0 saturated carbocycles. The Labute approximate surface area is 182 Å². The van der Waals surface area contributed by atoms with E-state index in [9.17, 15) is 8.78 Å². The number of hydrogen-bond donors (Lipinski definition) is 0. The number of hydrogen-bond acceptors (Lipinski definition) is 1. The molecule has 0 unspecified atom stereocenters. The Balaban J connectivity index is 1.91. The van der Waals surface area contributed by atoms with Gasteiger partial charge in [0.1, 0.15) is 48.0 Å². The number of rotatable bonds is 8. The highest BCUT2D eigenvalue weighted by Gasteiger charge is 2.45. The third-order valence-electron chi connectivity index (χ3n) is 5.33. The van der Waals surface area contributed by atoms with Crippen molar-refractivity contribution in [2.24, 2.45) is 0 Å². The van der Waals surface area contributed by atoms with E-state index in [-0.39, 0.29) is 12.4 Å². The largest absolute Gasteiger partial charge is 0.491 e. The predicted molar refractivity (Wildman–Crippen MR) is 127 cm³/mol. The zero-order valence-corrected chi connectivity index (χ0v) is 18.0. The van der Waals surface area contributed by atoms with E-state index in [0.29, 0.717) is 11.9 Å². The first-order chi connectivity index (χ1) is 15.2. The van der Waals surface area contributed by atoms with Gasteiger partial charge < -0.3 is 4.74 Å². The minimum Gasteiger partial charge on any atom is -0.491 e. The van der Waals surface area contributed by atoms with Crippen molar-refractivity contribution in [3.05, 3.63) is 121 Å². The van der Waals surface area contributed by atoms with Gasteiger partial charge in [-0.3, -0.25) is 0 Å². The van der Waals surface area contributed by atoms with Gasteiger partial charge in [0, 0.05) is 0 Å². The van der Waals surface area contributed by atoms with Crippen molar-refractivity contribution in [1.82, 2.24) is 0 Å². The Morgan fingerprint density at radius 2 is 1.23 bits per heavy atom. The van der Waals surface area contributed by atoms with E-state index >= 15 is 0 Å². The number of ether oxygens (including phenoxy) is 1. The van der Waals surface area contributed by atoms with E-state index in [1.807, 2.05) is 30.3 Å². The Morgan fingerprint density at radius 1 is 0.645 bits per heavy atom. The summed E-state index contributed by atoms with van der Waals surface area (Å²) in [6, 6.07) is 35.7. The fraction of sp³-hybridized carbons (Fsp3) is 0.111. The van der Waals surface area contributed by atoms with Crippen LogP contribution in [0.25, 0.3) is 0 Å². The van der Waals surface area contributed by atoms with E-state index in [2.05, 4.69) is 60.7 Å². The second-order valence-electron chi connectivity index (χ2n) is 7.30. The van der Waals surface area contributed by atoms with Gasteiger partial charge in [0.05, 0.1) is 6.16 Å². The fourth-order valence-corrected chi connectivity index (χ4v) is 8.16. The minimum atomic E-state index is -2.14. The van der Waals surface area contributed by atoms with Gasteiger partial charge in [-0.2, -0.15) is 0 Å². The molecule has 0 aromatic heterocycles. The molecule has 31 heavy (non-hydrogen) atoms. The van der Waals surface area contributed by atoms with Crippen LogP contribution in [0.2, 0.25) is 0 Å². The Morgan fingerprint density at radius 3 is 1.77 bits per heavy atom. The van der Waals surface area contributed by atoms with Gasteiger partial charge in [-0.25, -0.2) is 8.78 Å². The van der Waals surface area contributed by atoms with E-state index in [4.69, 9.17) is 4.74 Å². The molecule has 0 radical (unpaired) electrons. The molecular weight excluding hydrogens is 408 g/mol. The van der Waals surface area contributed by atoms with E-state index < -0.39 is 13.9 Å². The molecule has 0 saturated heterocycles. The van der Waals surface area contributed by atoms with Crippen LogP contribution in [-0.2, 0) is 6.16 Å². The molecular formula is C27H24F2OP+. The van der Waals surface area contributed by atoms with Gasteiger partial charge in [-0.1, -0.05) is 48.5 Å². The lowest BCUT2D eigenvalue weighted by Gasteiger charge is -2.28. The van der Waals surface area contributed by atoms with Gasteiger partial charge in [-0.15, -0.1) is 0 Å². The summed E-state index contributed by atoms with van der Waals surface area (Å²) in [6.07, 6.45) is 0.698. The summed E-state index contributed by atoms with van der Waals surface area (Å²) in [6.45, 7) is -0.480. The summed E-state index contributed by atoms with van der Waals surface area (Å²) in [5.74, 6) is 0.415. The molecule has 0 N–H and O–H groups in total. The topological polar surface area (TPSA) is 9.23 Å². The fourth-order valence-electron chi connectivity index (χ4n) is 3.95. The second kappa shape index (κ2) is 9.85. The Hall–Kier alpha value is -3.03. The van der Waals surface area contributed by atoms with Crippen molar-refractivity contribution >= 4 is 23.2 Å². The van der Waals surface area contributed by atoms with Gasteiger partial charge in [0.25, 0.3) is 0 Å². The highest BCUT2D eigenvalue weighted by molar-refractivity contribution is 7.95. The van der Waals surface area contributed by atoms with Gasteiger partial charge in [0.15, 0.2) is 0 Å². The SMILES string of the molecule is Fc1cccc(C[P+](c2ccccc2)(c2ccccc2)c2ccc(OCC[18F])cc2)c1. The maximum absolute atomic E-state index is 14.1. The van der Waals surface area contributed by atoms with Crippen molar-refractivity contribution in [1.29, 1.82) is 0 Å². The van der Waals surface area contributed by atoms with Crippen LogP contribution in [0.15, 0.2) is 109 Å². The monoisotopic (exact) mass is 432 g/mol. The van der Waals surface area contributed by atoms with Crippen LogP contribution in [0, 0.1) is 5.82 Å². The van der Waals surface area contributed by atoms with Crippen molar-refractivity contribution in [3.8, 4) is 5.75 Å². The number of benzene rings is 4. The molecule has 0 aliphatic heterocycles. The third kappa shape index (κ3) is 4.68. The van der Waals surface area contributed by atoms with Crippen LogP contribution in [0.5, 0.6) is 5.75 Å². The molecule has 1 nitrogen and oxygen atoms in total. The first-order valence-corrected chi connectivity index (χ1v) is 12.2. The molecule has 0 aliphatic carbocycles. The average Bonchev–Trinajstić information content (AvgIpc) is 2.83. The van der Waals surface area contributed by atoms with Crippen molar-refractivity contribution in [2.45, 2.75) is 6.16 Å². The number of alkyl halides is 1. The zero-order chi connectivity index (χ0) is 21.5. The molecule has 4 aromatic rings. The molecule has 0 bridgehead atoms. The van der Waals surface area contributed by atoms with E-state index in [1.165, 1.54) is 22.0 Å². The van der Waals surface area contributed by atoms with Gasteiger partial charge in [0.2, 0.25) is 0 Å². The lowest BCUT2D eigenvalue weighted by Crippen LogP contribution is -2.32. The molecule has 156 valence electrons. The van der Waals surface area contributed by atoms with Crippen molar-refractivity contribution < 1.29 is 13.5 Å². The minimum absolute atomic E-state index is 0.0420. The average molecular weight is 432 g/mol. The summed E-state index contributed by atoms with van der Waals surface area (Å²) in [4.78, 5) is 0. The van der Waals surface area contributed by atoms with Gasteiger partial charge in [-0.05, 0) is 66.2 Å². The summed E-state index contributed by atoms with van der Waals surface area (Å²) in [5.41, 5.74) is 0.957. The maximum atomic E-state index is 14.1. The van der Waals surface area contributed by atoms with Crippen LogP contribution in [0.3, 0.4) is 0 Å². The van der Waals surface area contributed by atoms with Gasteiger partial charge >= 0.3 is 0 Å². The Bertz CT molecular complexity index is 1060. The predicted octanol–water partition coefficient (Wildman–Crippen LogP) is 5.67. The molecule has 4 aromatic carbocycles. The van der Waals surface area contributed by atoms with Crippen molar-refractivity contribution in [2.75, 3.05) is 13.3 Å². The van der Waals surface area contributed by atoms with E-state index in [1.54, 1.807) is 12.1 Å².